The highest BCUT2D eigenvalue weighted by Crippen LogP contribution is 2.22. The summed E-state index contributed by atoms with van der Waals surface area (Å²) < 4.78 is 16.4. The normalized spacial score (nSPS) is 10.9. The Balaban J connectivity index is 2.69. The minimum Gasteiger partial charge on any atom is -0.440 e. The van der Waals surface area contributed by atoms with Crippen molar-refractivity contribution in [3.63, 3.8) is 0 Å². The van der Waals surface area contributed by atoms with Crippen LogP contribution in [0.15, 0.2) is 24.3 Å². The molecule has 0 amide bonds. The van der Waals surface area contributed by atoms with Gasteiger partial charge in [0.15, 0.2) is 5.78 Å². The van der Waals surface area contributed by atoms with E-state index in [0.29, 0.717) is 30.9 Å². The van der Waals surface area contributed by atoms with Gasteiger partial charge in [-0.05, 0) is 52.4 Å². The number of hydrogen-bond donors (Lipinski definition) is 1. The molecule has 1 N–H and O–H groups in total. The van der Waals surface area contributed by atoms with Crippen LogP contribution in [0.25, 0.3) is 0 Å². The highest BCUT2D eigenvalue weighted by molar-refractivity contribution is 5.98. The molecule has 0 heterocycles. The van der Waals surface area contributed by atoms with Gasteiger partial charge in [0.05, 0.1) is 18.8 Å². The smallest absolute Gasteiger partial charge is 0.315 e. The highest BCUT2D eigenvalue weighted by atomic mass is 16.8. The zero-order chi connectivity index (χ0) is 16.2. The van der Waals surface area contributed by atoms with Crippen LogP contribution >= 0.6 is 0 Å². The third kappa shape index (κ3) is 6.56. The third-order valence-corrected chi connectivity index (χ3v) is 3.10. The van der Waals surface area contributed by atoms with Gasteiger partial charge in [-0.2, -0.15) is 0 Å². The van der Waals surface area contributed by atoms with Crippen LogP contribution in [0.2, 0.25) is 0 Å². The summed E-state index contributed by atoms with van der Waals surface area (Å²) in [4.78, 5) is 12.3. The van der Waals surface area contributed by atoms with Gasteiger partial charge in [-0.1, -0.05) is 12.1 Å². The molecule has 0 unspecified atom stereocenters. The quantitative estimate of drug-likeness (QED) is 0.365. The van der Waals surface area contributed by atoms with Gasteiger partial charge < -0.3 is 19.5 Å². The number of Topliss-reactive ketones (excluding diaryl/α,β-unsaturated/α-hetero) is 1. The Morgan fingerprint density at radius 1 is 1.14 bits per heavy atom. The molecule has 1 rings (SSSR count). The van der Waals surface area contributed by atoms with Gasteiger partial charge in [-0.15, -0.1) is 0 Å². The van der Waals surface area contributed by atoms with E-state index in [0.717, 1.165) is 19.4 Å². The van der Waals surface area contributed by atoms with Crippen LogP contribution in [-0.4, -0.2) is 39.1 Å². The molecular formula is C17H27NO4. The van der Waals surface area contributed by atoms with Crippen molar-refractivity contribution in [2.24, 2.45) is 0 Å². The molecule has 22 heavy (non-hydrogen) atoms. The Labute approximate surface area is 132 Å². The number of unbranched alkanes of at least 4 members (excludes halogenated alkanes) is 1. The summed E-state index contributed by atoms with van der Waals surface area (Å²) in [5, 5.41) is 3.08. The molecule has 5 nitrogen and oxygen atoms in total. The number of rotatable bonds is 12. The van der Waals surface area contributed by atoms with Crippen molar-refractivity contribution >= 4 is 5.78 Å². The molecule has 0 saturated carbocycles. The number of hydrogen-bond acceptors (Lipinski definition) is 5. The lowest BCUT2D eigenvalue weighted by Gasteiger charge is -2.19. The van der Waals surface area contributed by atoms with Gasteiger partial charge in [-0.25, -0.2) is 0 Å². The first-order valence-corrected chi connectivity index (χ1v) is 7.89. The van der Waals surface area contributed by atoms with Gasteiger partial charge in [0.2, 0.25) is 0 Å². The molecular weight excluding hydrogens is 282 g/mol. The number of ether oxygens (including phenoxy) is 3. The van der Waals surface area contributed by atoms with Gasteiger partial charge in [0, 0.05) is 6.42 Å². The van der Waals surface area contributed by atoms with Crippen molar-refractivity contribution in [2.75, 3.05) is 26.8 Å². The molecule has 0 radical (unpaired) electrons. The molecule has 0 aliphatic heterocycles. The molecule has 0 atom stereocenters. The SMILES string of the molecule is CCOC(OCC)Oc1ccccc1C(=O)CCCCNC. The summed E-state index contributed by atoms with van der Waals surface area (Å²) >= 11 is 0. The zero-order valence-electron chi connectivity index (χ0n) is 13.8. The monoisotopic (exact) mass is 309 g/mol. The van der Waals surface area contributed by atoms with E-state index in [1.54, 1.807) is 12.1 Å². The number of carbonyl (C=O) groups excluding carboxylic acids is 1. The lowest BCUT2D eigenvalue weighted by Crippen LogP contribution is -2.25. The fourth-order valence-electron chi connectivity index (χ4n) is 2.01. The molecule has 5 heteroatoms. The van der Waals surface area contributed by atoms with Crippen molar-refractivity contribution in [2.45, 2.75) is 39.6 Å². The molecule has 0 bridgehead atoms. The molecule has 124 valence electrons. The largest absolute Gasteiger partial charge is 0.440 e. The van der Waals surface area contributed by atoms with Crippen molar-refractivity contribution in [3.05, 3.63) is 29.8 Å². The molecule has 0 spiro atoms. The van der Waals surface area contributed by atoms with E-state index in [1.807, 2.05) is 33.0 Å². The van der Waals surface area contributed by atoms with Crippen molar-refractivity contribution in [1.29, 1.82) is 0 Å². The summed E-state index contributed by atoms with van der Waals surface area (Å²) in [6.07, 6.45) is 2.34. The molecule has 0 aliphatic rings. The van der Waals surface area contributed by atoms with Gasteiger partial charge in [0.1, 0.15) is 5.75 Å². The maximum absolute atomic E-state index is 12.3. The van der Waals surface area contributed by atoms with Crippen LogP contribution in [-0.2, 0) is 9.47 Å². The number of benzene rings is 1. The lowest BCUT2D eigenvalue weighted by molar-refractivity contribution is -0.242. The highest BCUT2D eigenvalue weighted by Gasteiger charge is 2.16. The first kappa shape index (κ1) is 18.6. The van der Waals surface area contributed by atoms with Crippen LogP contribution in [0.5, 0.6) is 5.75 Å². The van der Waals surface area contributed by atoms with E-state index in [4.69, 9.17) is 14.2 Å². The first-order valence-electron chi connectivity index (χ1n) is 7.89. The second-order valence-corrected chi connectivity index (χ2v) is 4.80. The maximum atomic E-state index is 12.3. The standard InChI is InChI=1S/C17H27NO4/c1-4-20-17(21-5-2)22-16-12-7-6-10-14(16)15(19)11-8-9-13-18-3/h6-7,10,12,17-18H,4-5,8-9,11,13H2,1-3H3. The van der Waals surface area contributed by atoms with Gasteiger partial charge >= 0.3 is 6.48 Å². The Morgan fingerprint density at radius 3 is 2.45 bits per heavy atom. The Hall–Kier alpha value is -1.43. The molecule has 1 aromatic carbocycles. The summed E-state index contributed by atoms with van der Waals surface area (Å²) in [6, 6.07) is 7.22. The summed E-state index contributed by atoms with van der Waals surface area (Å²) in [5.74, 6) is 0.589. The zero-order valence-corrected chi connectivity index (χ0v) is 13.8. The maximum Gasteiger partial charge on any atom is 0.315 e. The average molecular weight is 309 g/mol. The summed E-state index contributed by atoms with van der Waals surface area (Å²) in [7, 11) is 1.91. The summed E-state index contributed by atoms with van der Waals surface area (Å²) in [6.45, 7) is 4.83. The van der Waals surface area contributed by atoms with Gasteiger partial charge in [0.25, 0.3) is 0 Å². The fourth-order valence-corrected chi connectivity index (χ4v) is 2.01. The Bertz CT molecular complexity index is 430. The van der Waals surface area contributed by atoms with E-state index < -0.39 is 6.48 Å². The van der Waals surface area contributed by atoms with E-state index in [9.17, 15) is 4.79 Å². The van der Waals surface area contributed by atoms with Crippen molar-refractivity contribution < 1.29 is 19.0 Å². The van der Waals surface area contributed by atoms with Crippen LogP contribution in [0.1, 0.15) is 43.5 Å². The second-order valence-electron chi connectivity index (χ2n) is 4.80. The molecule has 1 aromatic rings. The van der Waals surface area contributed by atoms with Crippen molar-refractivity contribution in [1.82, 2.24) is 5.32 Å². The predicted octanol–water partition coefficient (Wildman–Crippen LogP) is 2.99. The van der Waals surface area contributed by atoms with Crippen LogP contribution in [0.3, 0.4) is 0 Å². The average Bonchev–Trinajstić information content (AvgIpc) is 2.52. The molecule has 0 saturated heterocycles. The number of para-hydroxylation sites is 1. The molecule has 0 aliphatic carbocycles. The third-order valence-electron chi connectivity index (χ3n) is 3.10. The van der Waals surface area contributed by atoms with Crippen molar-refractivity contribution in [3.8, 4) is 5.75 Å². The van der Waals surface area contributed by atoms with E-state index in [2.05, 4.69) is 5.32 Å². The molecule has 0 fully saturated rings. The first-order chi connectivity index (χ1) is 10.7. The number of carbonyl (C=O) groups is 1. The Morgan fingerprint density at radius 2 is 1.82 bits per heavy atom. The topological polar surface area (TPSA) is 56.8 Å². The number of ketones is 1. The molecule has 0 aromatic heterocycles. The van der Waals surface area contributed by atoms with Crippen LogP contribution < -0.4 is 10.1 Å². The van der Waals surface area contributed by atoms with Crippen LogP contribution in [0, 0.1) is 0 Å². The lowest BCUT2D eigenvalue weighted by atomic mass is 10.0. The van der Waals surface area contributed by atoms with E-state index in [1.165, 1.54) is 0 Å². The van der Waals surface area contributed by atoms with E-state index >= 15 is 0 Å². The second kappa shape index (κ2) is 11.2. The predicted molar refractivity (Wildman–Crippen MR) is 86.2 cm³/mol. The minimum absolute atomic E-state index is 0.0819. The Kier molecular flexibility index (Phi) is 9.46. The van der Waals surface area contributed by atoms with E-state index in [-0.39, 0.29) is 5.78 Å². The minimum atomic E-state index is -0.784. The fraction of sp³-hybridized carbons (Fsp3) is 0.588. The summed E-state index contributed by atoms with van der Waals surface area (Å²) in [5.41, 5.74) is 0.580. The number of nitrogens with one attached hydrogen (secondary N) is 1. The van der Waals surface area contributed by atoms with Gasteiger partial charge in [-0.3, -0.25) is 4.79 Å². The van der Waals surface area contributed by atoms with Crippen LogP contribution in [0.4, 0.5) is 0 Å².